The van der Waals surface area contributed by atoms with Gasteiger partial charge in [0.2, 0.25) is 5.91 Å². The molecule has 2 aromatic rings. The molecule has 2 rings (SSSR count). The van der Waals surface area contributed by atoms with Gasteiger partial charge in [-0.3, -0.25) is 9.59 Å². The summed E-state index contributed by atoms with van der Waals surface area (Å²) in [4.78, 5) is 25.1. The Morgan fingerprint density at radius 3 is 2.04 bits per heavy atom. The van der Waals surface area contributed by atoms with E-state index < -0.39 is 6.04 Å². The largest absolute Gasteiger partial charge is 0.352 e. The summed E-state index contributed by atoms with van der Waals surface area (Å²) in [6.45, 7) is 4.60. The van der Waals surface area contributed by atoms with E-state index in [1.54, 1.807) is 12.1 Å². The lowest BCUT2D eigenvalue weighted by Crippen LogP contribution is -2.42. The maximum Gasteiger partial charge on any atom is 0.251 e. The summed E-state index contributed by atoms with van der Waals surface area (Å²) in [7, 11) is 0. The molecular formula is C22H30ClN3O2. The number of nitrogens with one attached hydrogen (secondary N) is 2. The topological polar surface area (TPSA) is 84.2 Å². The molecule has 28 heavy (non-hydrogen) atoms. The van der Waals surface area contributed by atoms with Gasteiger partial charge >= 0.3 is 0 Å². The molecule has 2 atom stereocenters. The second-order valence-electron chi connectivity index (χ2n) is 7.14. The Bertz CT molecular complexity index is 723. The van der Waals surface area contributed by atoms with Crippen molar-refractivity contribution in [3.63, 3.8) is 0 Å². The quantitative estimate of drug-likeness (QED) is 0.599. The molecule has 152 valence electrons. The molecule has 0 aliphatic heterocycles. The van der Waals surface area contributed by atoms with Crippen LogP contribution in [0.5, 0.6) is 0 Å². The average molecular weight is 404 g/mol. The lowest BCUT2D eigenvalue weighted by Gasteiger charge is -2.22. The van der Waals surface area contributed by atoms with Crippen molar-refractivity contribution in [2.24, 2.45) is 11.7 Å². The minimum absolute atomic E-state index is 0. The molecule has 6 heteroatoms. The number of nitrogens with two attached hydrogens (primary N) is 1. The molecule has 0 aliphatic rings. The van der Waals surface area contributed by atoms with Gasteiger partial charge < -0.3 is 16.4 Å². The molecule has 4 N–H and O–H groups in total. The first kappa shape index (κ1) is 23.7. The van der Waals surface area contributed by atoms with Crippen LogP contribution in [-0.4, -0.2) is 24.4 Å². The molecule has 0 heterocycles. The molecule has 2 amide bonds. The maximum atomic E-state index is 12.6. The first-order valence-electron chi connectivity index (χ1n) is 9.40. The van der Waals surface area contributed by atoms with Gasteiger partial charge in [-0.05, 0) is 30.0 Å². The first-order chi connectivity index (χ1) is 13.0. The zero-order chi connectivity index (χ0) is 19.6. The van der Waals surface area contributed by atoms with Gasteiger partial charge in [0, 0.05) is 18.2 Å². The fourth-order valence-electron chi connectivity index (χ4n) is 3.02. The van der Waals surface area contributed by atoms with Crippen LogP contribution in [0.15, 0.2) is 60.7 Å². The Hall–Kier alpha value is -2.37. The van der Waals surface area contributed by atoms with Gasteiger partial charge in [-0.25, -0.2) is 0 Å². The predicted molar refractivity (Wildman–Crippen MR) is 115 cm³/mol. The van der Waals surface area contributed by atoms with E-state index in [2.05, 4.69) is 24.5 Å². The van der Waals surface area contributed by atoms with Crippen LogP contribution in [0.4, 0.5) is 0 Å². The molecule has 0 spiro atoms. The van der Waals surface area contributed by atoms with E-state index in [9.17, 15) is 9.59 Å². The van der Waals surface area contributed by atoms with Gasteiger partial charge in [-0.1, -0.05) is 62.4 Å². The Labute approximate surface area is 173 Å². The van der Waals surface area contributed by atoms with Crippen LogP contribution in [-0.2, 0) is 4.79 Å². The molecule has 0 aliphatic carbocycles. The Morgan fingerprint density at radius 2 is 1.50 bits per heavy atom. The highest BCUT2D eigenvalue weighted by Gasteiger charge is 2.21. The van der Waals surface area contributed by atoms with Crippen molar-refractivity contribution in [3.05, 3.63) is 71.8 Å². The van der Waals surface area contributed by atoms with E-state index >= 15 is 0 Å². The Morgan fingerprint density at radius 1 is 0.929 bits per heavy atom. The number of rotatable bonds is 9. The van der Waals surface area contributed by atoms with Crippen LogP contribution in [0.1, 0.15) is 48.7 Å². The highest BCUT2D eigenvalue weighted by molar-refractivity contribution is 5.94. The number of carbonyl (C=O) groups excluding carboxylic acids is 2. The summed E-state index contributed by atoms with van der Waals surface area (Å²) < 4.78 is 0. The average Bonchev–Trinajstić information content (AvgIpc) is 2.67. The monoisotopic (exact) mass is 403 g/mol. The lowest BCUT2D eigenvalue weighted by atomic mass is 10.0. The van der Waals surface area contributed by atoms with E-state index in [-0.39, 0.29) is 36.7 Å². The number of carbonyl (C=O) groups is 2. The van der Waals surface area contributed by atoms with Gasteiger partial charge in [0.1, 0.15) is 0 Å². The second-order valence-corrected chi connectivity index (χ2v) is 7.14. The molecule has 0 fully saturated rings. The van der Waals surface area contributed by atoms with Crippen molar-refractivity contribution < 1.29 is 9.59 Å². The summed E-state index contributed by atoms with van der Waals surface area (Å²) in [5.41, 5.74) is 7.25. The molecule has 0 aromatic heterocycles. The summed E-state index contributed by atoms with van der Waals surface area (Å²) in [5, 5.41) is 5.98. The molecule has 5 nitrogen and oxygen atoms in total. The predicted octanol–water partition coefficient (Wildman–Crippen LogP) is 3.46. The van der Waals surface area contributed by atoms with Crippen LogP contribution >= 0.6 is 12.4 Å². The Balaban J connectivity index is 0.00000392. The zero-order valence-electron chi connectivity index (χ0n) is 16.4. The van der Waals surface area contributed by atoms with Crippen LogP contribution in [0.2, 0.25) is 0 Å². The number of hydrogen-bond donors (Lipinski definition) is 3. The molecule has 2 aromatic carbocycles. The highest BCUT2D eigenvalue weighted by atomic mass is 35.5. The van der Waals surface area contributed by atoms with Gasteiger partial charge in [0.05, 0.1) is 12.5 Å². The number of benzene rings is 2. The third kappa shape index (κ3) is 7.71. The molecule has 0 bridgehead atoms. The van der Waals surface area contributed by atoms with Crippen molar-refractivity contribution in [2.75, 3.05) is 6.54 Å². The van der Waals surface area contributed by atoms with Gasteiger partial charge in [-0.15, -0.1) is 12.4 Å². The van der Waals surface area contributed by atoms with Crippen LogP contribution in [0, 0.1) is 5.92 Å². The minimum atomic E-state index is -0.406. The van der Waals surface area contributed by atoms with Gasteiger partial charge in [0.25, 0.3) is 5.91 Å². The lowest BCUT2D eigenvalue weighted by molar-refractivity contribution is -0.122. The number of amides is 2. The van der Waals surface area contributed by atoms with Crippen molar-refractivity contribution >= 4 is 24.2 Å². The molecule has 0 saturated carbocycles. The summed E-state index contributed by atoms with van der Waals surface area (Å²) in [6, 6.07) is 18.1. The standard InChI is InChI=1S/C22H29N3O2.ClH/c1-16(2)13-19(15-23)24-21(26)14-20(17-9-5-3-6-10-17)25-22(27)18-11-7-4-8-12-18;/h3-12,16,19-20H,13-15,23H2,1-2H3,(H,24,26)(H,25,27);1H. The summed E-state index contributed by atoms with van der Waals surface area (Å²) in [6.07, 6.45) is 0.992. The summed E-state index contributed by atoms with van der Waals surface area (Å²) in [5.74, 6) is 0.129. The van der Waals surface area contributed by atoms with Crippen LogP contribution in [0.3, 0.4) is 0 Å². The van der Waals surface area contributed by atoms with Crippen LogP contribution < -0.4 is 16.4 Å². The normalized spacial score (nSPS) is 12.6. The fourth-order valence-corrected chi connectivity index (χ4v) is 3.02. The molecule has 0 saturated heterocycles. The van der Waals surface area contributed by atoms with E-state index in [1.165, 1.54) is 0 Å². The third-order valence-electron chi connectivity index (χ3n) is 4.34. The highest BCUT2D eigenvalue weighted by Crippen LogP contribution is 2.18. The van der Waals surface area contributed by atoms with Gasteiger partial charge in [-0.2, -0.15) is 0 Å². The smallest absolute Gasteiger partial charge is 0.251 e. The summed E-state index contributed by atoms with van der Waals surface area (Å²) >= 11 is 0. The van der Waals surface area contributed by atoms with E-state index in [4.69, 9.17) is 5.73 Å². The van der Waals surface area contributed by atoms with E-state index in [0.29, 0.717) is 18.0 Å². The van der Waals surface area contributed by atoms with Crippen molar-refractivity contribution in [1.82, 2.24) is 10.6 Å². The van der Waals surface area contributed by atoms with Gasteiger partial charge in [0.15, 0.2) is 0 Å². The molecule has 2 unspecified atom stereocenters. The van der Waals surface area contributed by atoms with Crippen molar-refractivity contribution in [3.8, 4) is 0 Å². The van der Waals surface area contributed by atoms with Crippen LogP contribution in [0.25, 0.3) is 0 Å². The minimum Gasteiger partial charge on any atom is -0.352 e. The zero-order valence-corrected chi connectivity index (χ0v) is 17.2. The SMILES string of the molecule is CC(C)CC(CN)NC(=O)CC(NC(=O)c1ccccc1)c1ccccc1.Cl. The molecular weight excluding hydrogens is 374 g/mol. The first-order valence-corrected chi connectivity index (χ1v) is 9.40. The van der Waals surface area contributed by atoms with Crippen molar-refractivity contribution in [2.45, 2.75) is 38.8 Å². The fraction of sp³-hybridized carbons (Fsp3) is 0.364. The number of halogens is 1. The van der Waals surface area contributed by atoms with Crippen molar-refractivity contribution in [1.29, 1.82) is 0 Å². The van der Waals surface area contributed by atoms with E-state index in [1.807, 2.05) is 48.5 Å². The molecule has 0 radical (unpaired) electrons. The second kappa shape index (κ2) is 12.2. The number of hydrogen-bond acceptors (Lipinski definition) is 3. The Kier molecular flexibility index (Phi) is 10.3. The van der Waals surface area contributed by atoms with E-state index in [0.717, 1.165) is 12.0 Å². The maximum absolute atomic E-state index is 12.6. The third-order valence-corrected chi connectivity index (χ3v) is 4.34.